The van der Waals surface area contributed by atoms with Crippen molar-refractivity contribution in [2.75, 3.05) is 5.75 Å². The molecule has 6 heteroatoms. The van der Waals surface area contributed by atoms with E-state index < -0.39 is 0 Å². The highest BCUT2D eigenvalue weighted by atomic mass is 32.2. The molecule has 1 aromatic carbocycles. The summed E-state index contributed by atoms with van der Waals surface area (Å²) in [7, 11) is 0. The van der Waals surface area contributed by atoms with Crippen LogP contribution in [-0.4, -0.2) is 21.6 Å². The van der Waals surface area contributed by atoms with Gasteiger partial charge < -0.3 is 5.32 Å². The summed E-state index contributed by atoms with van der Waals surface area (Å²) in [5.74, 6) is 1.09. The summed E-state index contributed by atoms with van der Waals surface area (Å²) in [6.45, 7) is 4.52. The summed E-state index contributed by atoms with van der Waals surface area (Å²) in [5, 5.41) is 6.86. The molecule has 0 saturated carbocycles. The van der Waals surface area contributed by atoms with Crippen LogP contribution in [0.2, 0.25) is 0 Å². The number of benzene rings is 1. The second-order valence-corrected chi connectivity index (χ2v) is 7.15. The first-order valence-corrected chi connectivity index (χ1v) is 9.16. The van der Waals surface area contributed by atoms with E-state index in [-0.39, 0.29) is 5.91 Å². The lowest BCUT2D eigenvalue weighted by molar-refractivity contribution is -0.118. The highest BCUT2D eigenvalue weighted by Gasteiger charge is 2.09. The highest BCUT2D eigenvalue weighted by molar-refractivity contribution is 8.00. The van der Waals surface area contributed by atoms with Gasteiger partial charge in [-0.1, -0.05) is 30.0 Å². The summed E-state index contributed by atoms with van der Waals surface area (Å²) >= 11 is 3.12. The largest absolute Gasteiger partial charge is 0.350 e. The van der Waals surface area contributed by atoms with Crippen molar-refractivity contribution in [3.8, 4) is 0 Å². The monoisotopic (exact) mass is 343 g/mol. The van der Waals surface area contributed by atoms with Gasteiger partial charge in [-0.05, 0) is 36.9 Å². The van der Waals surface area contributed by atoms with Gasteiger partial charge in [0.2, 0.25) is 5.91 Å². The van der Waals surface area contributed by atoms with Crippen LogP contribution in [0, 0.1) is 13.8 Å². The van der Waals surface area contributed by atoms with E-state index >= 15 is 0 Å². The normalized spacial score (nSPS) is 10.9. The highest BCUT2D eigenvalue weighted by Crippen LogP contribution is 2.25. The molecule has 0 atom stereocenters. The lowest BCUT2D eigenvalue weighted by Gasteiger charge is -2.07. The molecule has 23 heavy (non-hydrogen) atoms. The van der Waals surface area contributed by atoms with Gasteiger partial charge in [0, 0.05) is 10.3 Å². The van der Waals surface area contributed by atoms with Crippen LogP contribution in [0.3, 0.4) is 0 Å². The molecule has 4 nitrogen and oxygen atoms in total. The molecule has 3 rings (SSSR count). The van der Waals surface area contributed by atoms with Crippen LogP contribution < -0.4 is 5.32 Å². The standard InChI is InChI=1S/C17H17N3OS2/c1-11-7-8-22-15(11)9-18-16(21)10-23-17-13-5-3-4-6-14(13)19-12(2)20-17/h3-8H,9-10H2,1-2H3,(H,18,21). The Morgan fingerprint density at radius 2 is 2.04 bits per heavy atom. The number of carbonyl (C=O) groups is 1. The van der Waals surface area contributed by atoms with Gasteiger partial charge in [0.1, 0.15) is 10.9 Å². The maximum atomic E-state index is 12.1. The number of hydrogen-bond donors (Lipinski definition) is 1. The van der Waals surface area contributed by atoms with Crippen LogP contribution in [0.15, 0.2) is 40.7 Å². The lowest BCUT2D eigenvalue weighted by Crippen LogP contribution is -2.24. The molecule has 2 heterocycles. The van der Waals surface area contributed by atoms with Crippen molar-refractivity contribution >= 4 is 39.9 Å². The first kappa shape index (κ1) is 16.0. The molecular formula is C17H17N3OS2. The number of aryl methyl sites for hydroxylation is 2. The molecule has 118 valence electrons. The van der Waals surface area contributed by atoms with Crippen molar-refractivity contribution in [3.63, 3.8) is 0 Å². The number of aromatic nitrogens is 2. The fourth-order valence-corrected chi connectivity index (χ4v) is 3.96. The number of fused-ring (bicyclic) bond motifs is 1. The molecule has 0 spiro atoms. The number of hydrogen-bond acceptors (Lipinski definition) is 5. The van der Waals surface area contributed by atoms with Crippen molar-refractivity contribution in [1.29, 1.82) is 0 Å². The molecule has 0 fully saturated rings. The maximum absolute atomic E-state index is 12.1. The fraction of sp³-hybridized carbons (Fsp3) is 0.235. The molecule has 3 aromatic rings. The van der Waals surface area contributed by atoms with Gasteiger partial charge in [0.15, 0.2) is 0 Å². The number of rotatable bonds is 5. The summed E-state index contributed by atoms with van der Waals surface area (Å²) in [4.78, 5) is 22.2. The van der Waals surface area contributed by atoms with Crippen LogP contribution in [0.1, 0.15) is 16.3 Å². The first-order valence-electron chi connectivity index (χ1n) is 7.29. The van der Waals surface area contributed by atoms with Crippen molar-refractivity contribution in [3.05, 3.63) is 52.0 Å². The lowest BCUT2D eigenvalue weighted by atomic mass is 10.2. The van der Waals surface area contributed by atoms with Gasteiger partial charge in [-0.2, -0.15) is 0 Å². The number of nitrogens with zero attached hydrogens (tertiary/aromatic N) is 2. The Labute approximate surface area is 143 Å². The molecule has 0 aliphatic heterocycles. The van der Waals surface area contributed by atoms with Crippen molar-refractivity contribution < 1.29 is 4.79 Å². The first-order chi connectivity index (χ1) is 11.1. The summed E-state index contributed by atoms with van der Waals surface area (Å²) in [6, 6.07) is 9.94. The minimum absolute atomic E-state index is 0.0168. The van der Waals surface area contributed by atoms with E-state index in [9.17, 15) is 4.79 Å². The third-order valence-corrected chi connectivity index (χ3v) is 5.45. The smallest absolute Gasteiger partial charge is 0.230 e. The Balaban J connectivity index is 1.64. The second kappa shape index (κ2) is 7.10. The minimum atomic E-state index is 0.0168. The van der Waals surface area contributed by atoms with E-state index in [1.54, 1.807) is 11.3 Å². The number of amides is 1. The number of thioether (sulfide) groups is 1. The fourth-order valence-electron chi connectivity index (χ4n) is 2.22. The minimum Gasteiger partial charge on any atom is -0.350 e. The summed E-state index contributed by atoms with van der Waals surface area (Å²) in [5.41, 5.74) is 2.14. The second-order valence-electron chi connectivity index (χ2n) is 5.19. The molecule has 0 aliphatic rings. The van der Waals surface area contributed by atoms with E-state index in [0.29, 0.717) is 12.3 Å². The van der Waals surface area contributed by atoms with Crippen molar-refractivity contribution in [2.24, 2.45) is 0 Å². The SMILES string of the molecule is Cc1nc(SCC(=O)NCc2sccc2C)c2ccccc2n1. The van der Waals surface area contributed by atoms with Gasteiger partial charge in [-0.25, -0.2) is 9.97 Å². The van der Waals surface area contributed by atoms with E-state index in [4.69, 9.17) is 0 Å². The average molecular weight is 343 g/mol. The van der Waals surface area contributed by atoms with Crippen LogP contribution in [-0.2, 0) is 11.3 Å². The zero-order valence-corrected chi connectivity index (χ0v) is 14.6. The molecule has 1 N–H and O–H groups in total. The van der Waals surface area contributed by atoms with Gasteiger partial charge in [0.05, 0.1) is 17.8 Å². The topological polar surface area (TPSA) is 54.9 Å². The van der Waals surface area contributed by atoms with Crippen LogP contribution in [0.5, 0.6) is 0 Å². The van der Waals surface area contributed by atoms with Crippen molar-refractivity contribution in [1.82, 2.24) is 15.3 Å². The molecular weight excluding hydrogens is 326 g/mol. The van der Waals surface area contributed by atoms with Gasteiger partial charge in [0.25, 0.3) is 0 Å². The Hall–Kier alpha value is -1.92. The van der Waals surface area contributed by atoms with E-state index in [0.717, 1.165) is 21.8 Å². The van der Waals surface area contributed by atoms with Gasteiger partial charge >= 0.3 is 0 Å². The summed E-state index contributed by atoms with van der Waals surface area (Å²) < 4.78 is 0. The zero-order valence-electron chi connectivity index (χ0n) is 13.0. The van der Waals surface area contributed by atoms with Crippen molar-refractivity contribution in [2.45, 2.75) is 25.4 Å². The zero-order chi connectivity index (χ0) is 16.2. The predicted molar refractivity (Wildman–Crippen MR) is 95.9 cm³/mol. The average Bonchev–Trinajstić information content (AvgIpc) is 2.95. The molecule has 0 unspecified atom stereocenters. The molecule has 0 radical (unpaired) electrons. The third kappa shape index (κ3) is 3.89. The Morgan fingerprint density at radius 1 is 1.22 bits per heavy atom. The van der Waals surface area contributed by atoms with Gasteiger partial charge in [-0.15, -0.1) is 11.3 Å². The Morgan fingerprint density at radius 3 is 2.83 bits per heavy atom. The molecule has 0 bridgehead atoms. The maximum Gasteiger partial charge on any atom is 0.230 e. The van der Waals surface area contributed by atoms with Crippen LogP contribution in [0.4, 0.5) is 0 Å². The predicted octanol–water partition coefficient (Wildman–Crippen LogP) is 3.72. The Kier molecular flexibility index (Phi) is 4.93. The number of nitrogens with one attached hydrogen (secondary N) is 1. The number of para-hydroxylation sites is 1. The van der Waals surface area contributed by atoms with Gasteiger partial charge in [-0.3, -0.25) is 4.79 Å². The quantitative estimate of drug-likeness (QED) is 0.567. The summed E-state index contributed by atoms with van der Waals surface area (Å²) in [6.07, 6.45) is 0. The van der Waals surface area contributed by atoms with E-state index in [1.165, 1.54) is 22.2 Å². The van der Waals surface area contributed by atoms with E-state index in [2.05, 4.69) is 28.3 Å². The van der Waals surface area contributed by atoms with Crippen LogP contribution in [0.25, 0.3) is 10.9 Å². The molecule has 0 aliphatic carbocycles. The molecule has 1 amide bonds. The number of thiophene rings is 1. The van der Waals surface area contributed by atoms with E-state index in [1.807, 2.05) is 36.6 Å². The number of carbonyl (C=O) groups excluding carboxylic acids is 1. The van der Waals surface area contributed by atoms with Crippen LogP contribution >= 0.6 is 23.1 Å². The molecule has 2 aromatic heterocycles. The Bertz CT molecular complexity index is 845. The molecule has 0 saturated heterocycles. The third-order valence-electron chi connectivity index (χ3n) is 3.43.